The third kappa shape index (κ3) is 3.75. The number of hydrogen-bond donors (Lipinski definition) is 4. The predicted octanol–water partition coefficient (Wildman–Crippen LogP) is 1.86. The highest BCUT2D eigenvalue weighted by Gasteiger charge is 2.55. The highest BCUT2D eigenvalue weighted by atomic mass is 16.5. The van der Waals surface area contributed by atoms with E-state index in [1.165, 1.54) is 12.8 Å². The van der Waals surface area contributed by atoms with Gasteiger partial charge in [-0.05, 0) is 93.3 Å². The summed E-state index contributed by atoms with van der Waals surface area (Å²) in [4.78, 5) is 0. The monoisotopic (exact) mass is 424 g/mol. The Hall–Kier alpha value is -0.240. The summed E-state index contributed by atoms with van der Waals surface area (Å²) in [5.41, 5.74) is 0. The maximum Gasteiger partial charge on any atom is 0.0802 e. The first-order valence-electron chi connectivity index (χ1n) is 12.4. The molecular weight excluding hydrogens is 384 g/mol. The van der Waals surface area contributed by atoms with Crippen molar-refractivity contribution < 1.29 is 29.9 Å². The van der Waals surface area contributed by atoms with Gasteiger partial charge in [0.25, 0.3) is 0 Å². The van der Waals surface area contributed by atoms with Crippen LogP contribution in [-0.4, -0.2) is 70.3 Å². The first-order chi connectivity index (χ1) is 14.5. The van der Waals surface area contributed by atoms with Crippen molar-refractivity contribution in [2.75, 3.05) is 7.11 Å². The molecule has 5 aliphatic rings. The van der Waals surface area contributed by atoms with Crippen LogP contribution in [0.2, 0.25) is 0 Å². The van der Waals surface area contributed by atoms with E-state index in [-0.39, 0.29) is 18.3 Å². The molecule has 5 fully saturated rings. The van der Waals surface area contributed by atoms with Gasteiger partial charge in [-0.15, -0.1) is 0 Å². The summed E-state index contributed by atoms with van der Waals surface area (Å²) in [7, 11) is 1.82. The molecule has 6 heteroatoms. The number of hydrogen-bond acceptors (Lipinski definition) is 6. The Morgan fingerprint density at radius 1 is 0.600 bits per heavy atom. The molecule has 4 aliphatic carbocycles. The predicted molar refractivity (Wildman–Crippen MR) is 111 cm³/mol. The van der Waals surface area contributed by atoms with Crippen LogP contribution < -0.4 is 0 Å². The molecule has 1 heterocycles. The molecule has 13 atom stereocenters. The van der Waals surface area contributed by atoms with E-state index >= 15 is 0 Å². The molecule has 6 nitrogen and oxygen atoms in total. The van der Waals surface area contributed by atoms with Gasteiger partial charge in [-0.1, -0.05) is 0 Å². The lowest BCUT2D eigenvalue weighted by molar-refractivity contribution is -0.209. The van der Waals surface area contributed by atoms with Crippen molar-refractivity contribution in [2.24, 2.45) is 35.5 Å². The molecule has 4 saturated carbocycles. The first-order valence-corrected chi connectivity index (χ1v) is 12.4. The Bertz CT molecular complexity index is 600. The number of aliphatic hydroxyl groups is 4. The van der Waals surface area contributed by atoms with E-state index in [2.05, 4.69) is 0 Å². The number of methoxy groups -OCH3 is 1. The van der Waals surface area contributed by atoms with Crippen molar-refractivity contribution >= 4 is 0 Å². The van der Waals surface area contributed by atoms with Crippen LogP contribution in [0.3, 0.4) is 0 Å². The molecule has 30 heavy (non-hydrogen) atoms. The topological polar surface area (TPSA) is 99.4 Å². The van der Waals surface area contributed by atoms with Crippen molar-refractivity contribution in [1.29, 1.82) is 0 Å². The van der Waals surface area contributed by atoms with Crippen LogP contribution >= 0.6 is 0 Å². The van der Waals surface area contributed by atoms with Crippen molar-refractivity contribution in [3.8, 4) is 0 Å². The molecule has 1 saturated heterocycles. The molecular formula is C24H40O6. The van der Waals surface area contributed by atoms with Crippen LogP contribution in [0.4, 0.5) is 0 Å². The molecule has 0 amide bonds. The zero-order valence-corrected chi connectivity index (χ0v) is 18.2. The molecule has 1 aliphatic heterocycles. The highest BCUT2D eigenvalue weighted by Crippen LogP contribution is 2.56. The van der Waals surface area contributed by atoms with E-state index in [0.717, 1.165) is 32.1 Å². The van der Waals surface area contributed by atoms with Crippen LogP contribution in [0, 0.1) is 35.5 Å². The number of rotatable bonds is 2. The van der Waals surface area contributed by atoms with E-state index in [9.17, 15) is 20.4 Å². The Balaban J connectivity index is 1.30. The normalized spacial score (nSPS) is 56.5. The van der Waals surface area contributed by atoms with Gasteiger partial charge in [0.2, 0.25) is 0 Å². The van der Waals surface area contributed by atoms with Crippen molar-refractivity contribution in [2.45, 2.75) is 107 Å². The van der Waals surface area contributed by atoms with E-state index < -0.39 is 24.4 Å². The van der Waals surface area contributed by atoms with E-state index in [1.54, 1.807) is 0 Å². The summed E-state index contributed by atoms with van der Waals surface area (Å²) in [6.07, 6.45) is 7.34. The van der Waals surface area contributed by atoms with Crippen LogP contribution in [0.5, 0.6) is 0 Å². The third-order valence-electron chi connectivity index (χ3n) is 9.67. The maximum atomic E-state index is 10.4. The van der Waals surface area contributed by atoms with Crippen LogP contribution in [0.1, 0.15) is 64.2 Å². The molecule has 0 aromatic heterocycles. The second-order valence-corrected chi connectivity index (χ2v) is 11.0. The minimum Gasteiger partial charge on any atom is -0.390 e. The molecule has 0 bridgehead atoms. The molecule has 172 valence electrons. The Kier molecular flexibility index (Phi) is 6.19. The van der Waals surface area contributed by atoms with Gasteiger partial charge in [0.1, 0.15) is 0 Å². The molecule has 0 radical (unpaired) electrons. The summed E-state index contributed by atoms with van der Waals surface area (Å²) in [6.45, 7) is 0. The molecule has 0 spiro atoms. The maximum absolute atomic E-state index is 10.4. The molecule has 4 N–H and O–H groups in total. The fourth-order valence-electron chi connectivity index (χ4n) is 8.18. The molecule has 0 aromatic rings. The fourth-order valence-corrected chi connectivity index (χ4v) is 8.18. The minimum absolute atomic E-state index is 0.156. The largest absolute Gasteiger partial charge is 0.390 e. The average Bonchev–Trinajstić information content (AvgIpc) is 2.75. The van der Waals surface area contributed by atoms with Gasteiger partial charge in [0, 0.05) is 13.5 Å². The van der Waals surface area contributed by atoms with Gasteiger partial charge in [0.05, 0.1) is 42.7 Å². The highest BCUT2D eigenvalue weighted by molar-refractivity contribution is 5.04. The van der Waals surface area contributed by atoms with Crippen LogP contribution in [0.25, 0.3) is 0 Å². The van der Waals surface area contributed by atoms with Gasteiger partial charge in [-0.25, -0.2) is 0 Å². The zero-order valence-electron chi connectivity index (χ0n) is 18.2. The Morgan fingerprint density at radius 3 is 2.03 bits per heavy atom. The summed E-state index contributed by atoms with van der Waals surface area (Å²) in [5, 5.41) is 40.5. The quantitative estimate of drug-likeness (QED) is 0.540. The van der Waals surface area contributed by atoms with Crippen LogP contribution in [-0.2, 0) is 9.47 Å². The SMILES string of the molecule is COC1CC2OC(C3CCC(O)C(O)C3)CCC2C2CCC3CC(O)C(O)CC3C12. The number of fused-ring (bicyclic) bond motifs is 5. The Labute approximate surface area is 180 Å². The summed E-state index contributed by atoms with van der Waals surface area (Å²) >= 11 is 0. The van der Waals surface area contributed by atoms with Gasteiger partial charge in [0.15, 0.2) is 0 Å². The van der Waals surface area contributed by atoms with Gasteiger partial charge in [-0.3, -0.25) is 0 Å². The number of aliphatic hydroxyl groups excluding tert-OH is 4. The van der Waals surface area contributed by atoms with E-state index in [1.807, 2.05) is 7.11 Å². The fraction of sp³-hybridized carbons (Fsp3) is 1.00. The average molecular weight is 425 g/mol. The van der Waals surface area contributed by atoms with E-state index in [4.69, 9.17) is 9.47 Å². The summed E-state index contributed by atoms with van der Waals surface area (Å²) < 4.78 is 12.7. The lowest BCUT2D eigenvalue weighted by atomic mass is 9.52. The Morgan fingerprint density at radius 2 is 1.27 bits per heavy atom. The van der Waals surface area contributed by atoms with Crippen molar-refractivity contribution in [1.82, 2.24) is 0 Å². The van der Waals surface area contributed by atoms with Crippen molar-refractivity contribution in [3.05, 3.63) is 0 Å². The smallest absolute Gasteiger partial charge is 0.0802 e. The first kappa shape index (κ1) is 21.6. The standard InChI is InChI=1S/C24H40O6/c1-29-23-11-22-14(5-7-21(30-22)13-3-6-17(25)18(26)9-13)15-4-2-12-8-19(27)20(28)10-16(12)24(15)23/h12-28H,2-11H2,1H3. The summed E-state index contributed by atoms with van der Waals surface area (Å²) in [5.74, 6) is 2.89. The molecule has 13 unspecified atom stereocenters. The summed E-state index contributed by atoms with van der Waals surface area (Å²) in [6, 6.07) is 0. The molecule has 5 rings (SSSR count). The molecule has 0 aromatic carbocycles. The van der Waals surface area contributed by atoms with Gasteiger partial charge < -0.3 is 29.9 Å². The zero-order chi connectivity index (χ0) is 21.0. The van der Waals surface area contributed by atoms with Crippen LogP contribution in [0.15, 0.2) is 0 Å². The third-order valence-corrected chi connectivity index (χ3v) is 9.67. The lowest BCUT2D eigenvalue weighted by Gasteiger charge is -2.58. The lowest BCUT2D eigenvalue weighted by Crippen LogP contribution is -2.58. The van der Waals surface area contributed by atoms with Gasteiger partial charge in [-0.2, -0.15) is 0 Å². The minimum atomic E-state index is -0.615. The van der Waals surface area contributed by atoms with Gasteiger partial charge >= 0.3 is 0 Å². The number of ether oxygens (including phenoxy) is 2. The van der Waals surface area contributed by atoms with Crippen molar-refractivity contribution in [3.63, 3.8) is 0 Å². The second-order valence-electron chi connectivity index (χ2n) is 11.0. The second kappa shape index (κ2) is 8.60. The van der Waals surface area contributed by atoms with E-state index in [0.29, 0.717) is 54.8 Å².